The van der Waals surface area contributed by atoms with Crippen molar-refractivity contribution in [3.63, 3.8) is 0 Å². The van der Waals surface area contributed by atoms with Crippen molar-refractivity contribution in [2.45, 2.75) is 31.2 Å². The predicted octanol–water partition coefficient (Wildman–Crippen LogP) is 2.53. The van der Waals surface area contributed by atoms with Crippen LogP contribution in [0.5, 0.6) is 0 Å². The third-order valence-corrected chi connectivity index (χ3v) is 4.17. The van der Waals surface area contributed by atoms with Gasteiger partial charge in [0, 0.05) is 12.0 Å². The Morgan fingerprint density at radius 2 is 1.71 bits per heavy atom. The Kier molecular flexibility index (Phi) is 1.88. The first-order valence-electron chi connectivity index (χ1n) is 5.67. The molecule has 2 fully saturated rings. The number of nitrogens with two attached hydrogens (primary N) is 1. The van der Waals surface area contributed by atoms with Crippen LogP contribution in [0, 0.1) is 11.8 Å². The highest BCUT2D eigenvalue weighted by Crippen LogP contribution is 2.51. The summed E-state index contributed by atoms with van der Waals surface area (Å²) in [7, 11) is 0. The molecule has 0 aromatic heterocycles. The molecule has 1 heteroatoms. The Bertz CT molecular complexity index is 317. The SMILES string of the molecule is NC1C(c2ccccc2)[C@H]2CC[C@H]1C2. The molecule has 74 valence electrons. The summed E-state index contributed by atoms with van der Waals surface area (Å²) in [6.45, 7) is 0. The van der Waals surface area contributed by atoms with Gasteiger partial charge in [-0.3, -0.25) is 0 Å². The number of fused-ring (bicyclic) bond motifs is 2. The van der Waals surface area contributed by atoms with E-state index in [1.54, 1.807) is 0 Å². The lowest BCUT2D eigenvalue weighted by molar-refractivity contribution is 0.366. The summed E-state index contributed by atoms with van der Waals surface area (Å²) in [6.07, 6.45) is 4.15. The lowest BCUT2D eigenvalue weighted by Gasteiger charge is -2.28. The standard InChI is InChI=1S/C13H17N/c14-13-11-7-6-10(8-11)12(13)9-4-2-1-3-5-9/h1-5,10-13H,6-8,14H2/t10-,11-,12?,13?/m0/s1. The number of benzene rings is 1. The maximum atomic E-state index is 6.30. The van der Waals surface area contributed by atoms with Crippen LogP contribution in [0.2, 0.25) is 0 Å². The molecule has 3 rings (SSSR count). The van der Waals surface area contributed by atoms with E-state index in [1.807, 2.05) is 0 Å². The first-order valence-corrected chi connectivity index (χ1v) is 5.67. The Labute approximate surface area is 85.3 Å². The molecule has 14 heavy (non-hydrogen) atoms. The monoisotopic (exact) mass is 187 g/mol. The van der Waals surface area contributed by atoms with E-state index in [1.165, 1.54) is 24.8 Å². The van der Waals surface area contributed by atoms with E-state index in [-0.39, 0.29) is 0 Å². The summed E-state index contributed by atoms with van der Waals surface area (Å²) < 4.78 is 0. The van der Waals surface area contributed by atoms with Gasteiger partial charge in [0.1, 0.15) is 0 Å². The zero-order valence-electron chi connectivity index (χ0n) is 8.39. The molecular formula is C13H17N. The van der Waals surface area contributed by atoms with E-state index in [4.69, 9.17) is 5.73 Å². The normalized spacial score (nSPS) is 40.4. The van der Waals surface area contributed by atoms with Crippen LogP contribution in [0.3, 0.4) is 0 Å². The van der Waals surface area contributed by atoms with Gasteiger partial charge in [-0.2, -0.15) is 0 Å². The van der Waals surface area contributed by atoms with Crippen molar-refractivity contribution in [2.75, 3.05) is 0 Å². The van der Waals surface area contributed by atoms with Crippen molar-refractivity contribution in [1.82, 2.24) is 0 Å². The highest BCUT2D eigenvalue weighted by molar-refractivity contribution is 5.25. The summed E-state index contributed by atoms with van der Waals surface area (Å²) in [6, 6.07) is 11.3. The highest BCUT2D eigenvalue weighted by atomic mass is 14.7. The maximum absolute atomic E-state index is 6.30. The molecule has 2 saturated carbocycles. The number of hydrogen-bond acceptors (Lipinski definition) is 1. The molecular weight excluding hydrogens is 170 g/mol. The minimum Gasteiger partial charge on any atom is -0.327 e. The van der Waals surface area contributed by atoms with Crippen molar-refractivity contribution in [2.24, 2.45) is 17.6 Å². The fourth-order valence-electron chi connectivity index (χ4n) is 3.51. The lowest BCUT2D eigenvalue weighted by atomic mass is 9.80. The van der Waals surface area contributed by atoms with E-state index in [0.29, 0.717) is 12.0 Å². The van der Waals surface area contributed by atoms with E-state index < -0.39 is 0 Å². The maximum Gasteiger partial charge on any atom is 0.0139 e. The minimum atomic E-state index is 0.427. The molecule has 1 aromatic rings. The van der Waals surface area contributed by atoms with Gasteiger partial charge in [0.15, 0.2) is 0 Å². The summed E-state index contributed by atoms with van der Waals surface area (Å²) in [4.78, 5) is 0. The van der Waals surface area contributed by atoms with Gasteiger partial charge >= 0.3 is 0 Å². The van der Waals surface area contributed by atoms with Crippen LogP contribution in [0.4, 0.5) is 0 Å². The summed E-state index contributed by atoms with van der Waals surface area (Å²) in [5, 5.41) is 0. The smallest absolute Gasteiger partial charge is 0.0139 e. The second-order valence-corrected chi connectivity index (χ2v) is 4.85. The van der Waals surface area contributed by atoms with Crippen molar-refractivity contribution >= 4 is 0 Å². The molecule has 0 radical (unpaired) electrons. The number of hydrogen-bond donors (Lipinski definition) is 1. The Morgan fingerprint density at radius 3 is 2.36 bits per heavy atom. The van der Waals surface area contributed by atoms with Gasteiger partial charge in [-0.25, -0.2) is 0 Å². The Morgan fingerprint density at radius 1 is 1.00 bits per heavy atom. The van der Waals surface area contributed by atoms with Crippen molar-refractivity contribution in [3.8, 4) is 0 Å². The van der Waals surface area contributed by atoms with Gasteiger partial charge in [0.25, 0.3) is 0 Å². The topological polar surface area (TPSA) is 26.0 Å². The molecule has 0 saturated heterocycles. The van der Waals surface area contributed by atoms with Gasteiger partial charge in [-0.15, -0.1) is 0 Å². The Balaban J connectivity index is 1.93. The molecule has 2 aliphatic rings. The first-order chi connectivity index (χ1) is 6.86. The van der Waals surface area contributed by atoms with Gasteiger partial charge < -0.3 is 5.73 Å². The molecule has 1 aromatic carbocycles. The van der Waals surface area contributed by atoms with Crippen LogP contribution in [-0.4, -0.2) is 6.04 Å². The molecule has 0 aliphatic heterocycles. The molecule has 0 amide bonds. The van der Waals surface area contributed by atoms with Crippen LogP contribution in [0.25, 0.3) is 0 Å². The fourth-order valence-corrected chi connectivity index (χ4v) is 3.51. The third kappa shape index (κ3) is 1.12. The zero-order valence-corrected chi connectivity index (χ0v) is 8.39. The van der Waals surface area contributed by atoms with Gasteiger partial charge in [-0.1, -0.05) is 30.3 Å². The summed E-state index contributed by atoms with van der Waals surface area (Å²) in [5.74, 6) is 2.33. The Hall–Kier alpha value is -0.820. The van der Waals surface area contributed by atoms with Crippen LogP contribution in [-0.2, 0) is 0 Å². The fraction of sp³-hybridized carbons (Fsp3) is 0.538. The molecule has 2 N–H and O–H groups in total. The molecule has 0 heterocycles. The van der Waals surface area contributed by atoms with Crippen LogP contribution in [0.1, 0.15) is 30.7 Å². The van der Waals surface area contributed by atoms with Gasteiger partial charge in [0.2, 0.25) is 0 Å². The molecule has 0 spiro atoms. The van der Waals surface area contributed by atoms with Crippen LogP contribution < -0.4 is 5.73 Å². The minimum absolute atomic E-state index is 0.427. The summed E-state index contributed by atoms with van der Waals surface area (Å²) >= 11 is 0. The predicted molar refractivity (Wildman–Crippen MR) is 58.0 cm³/mol. The van der Waals surface area contributed by atoms with E-state index in [9.17, 15) is 0 Å². The molecule has 2 aliphatic carbocycles. The average molecular weight is 187 g/mol. The largest absolute Gasteiger partial charge is 0.327 e. The van der Waals surface area contributed by atoms with Crippen molar-refractivity contribution < 1.29 is 0 Å². The third-order valence-electron chi connectivity index (χ3n) is 4.17. The molecule has 4 atom stereocenters. The highest BCUT2D eigenvalue weighted by Gasteiger charge is 2.46. The molecule has 1 nitrogen and oxygen atoms in total. The summed E-state index contributed by atoms with van der Waals surface area (Å²) in [5.41, 5.74) is 7.76. The number of rotatable bonds is 1. The van der Waals surface area contributed by atoms with Crippen molar-refractivity contribution in [3.05, 3.63) is 35.9 Å². The molecule has 2 bridgehead atoms. The van der Waals surface area contributed by atoms with Crippen LogP contribution in [0.15, 0.2) is 30.3 Å². The lowest BCUT2D eigenvalue weighted by Crippen LogP contribution is -2.33. The second-order valence-electron chi connectivity index (χ2n) is 4.85. The van der Waals surface area contributed by atoms with E-state index in [0.717, 1.165) is 11.8 Å². The quantitative estimate of drug-likeness (QED) is 0.718. The zero-order chi connectivity index (χ0) is 9.54. The van der Waals surface area contributed by atoms with E-state index in [2.05, 4.69) is 30.3 Å². The van der Waals surface area contributed by atoms with Crippen LogP contribution >= 0.6 is 0 Å². The van der Waals surface area contributed by atoms with Crippen molar-refractivity contribution in [1.29, 1.82) is 0 Å². The first kappa shape index (κ1) is 8.49. The average Bonchev–Trinajstić information content (AvgIpc) is 2.79. The van der Waals surface area contributed by atoms with Gasteiger partial charge in [-0.05, 0) is 36.7 Å². The van der Waals surface area contributed by atoms with Gasteiger partial charge in [0.05, 0.1) is 0 Å². The molecule has 2 unspecified atom stereocenters. The second kappa shape index (κ2) is 3.09. The van der Waals surface area contributed by atoms with E-state index >= 15 is 0 Å².